The molecule has 0 aliphatic carbocycles. The third kappa shape index (κ3) is 34.3. The molecule has 9 heteroatoms. The molecule has 23 heavy (non-hydrogen) atoms. The molecule has 0 rings (SSSR count). The number of hydrogen-bond acceptors (Lipinski definition) is 5. The molecule has 126 valence electrons. The Bertz CT molecular complexity index is 381. The zero-order valence-electron chi connectivity index (χ0n) is 13.4. The standard InChI is InChI=1S/C6H10N2O3.2C4H5O.2Y/c1-3(7)5(9)8-4(2)6(10)11;2*1-4(2)3-5;;/h3-4H,1-2,7H2,(H,8,9)(H,10,11);2*1H2,2H3;;/q-2;2*-1;;/t3-,4-;;;;/m0..../s1. The van der Waals surface area contributed by atoms with Gasteiger partial charge in [-0.3, -0.25) is 11.7 Å². The Morgan fingerprint density at radius 2 is 1.35 bits per heavy atom. The first-order valence-corrected chi connectivity index (χ1v) is 5.57. The van der Waals surface area contributed by atoms with Gasteiger partial charge in [0.15, 0.2) is 0 Å². The van der Waals surface area contributed by atoms with Gasteiger partial charge in [-0.1, -0.05) is 19.9 Å². The van der Waals surface area contributed by atoms with Crippen molar-refractivity contribution in [3.63, 3.8) is 0 Å². The van der Waals surface area contributed by atoms with Gasteiger partial charge in [0.1, 0.15) is 0 Å². The van der Waals surface area contributed by atoms with E-state index in [9.17, 15) is 24.3 Å². The van der Waals surface area contributed by atoms with E-state index in [0.29, 0.717) is 11.1 Å². The van der Waals surface area contributed by atoms with Crippen molar-refractivity contribution in [1.29, 1.82) is 0 Å². The molecule has 0 saturated carbocycles. The summed E-state index contributed by atoms with van der Waals surface area (Å²) in [6, 6.07) is -1.98. The largest absolute Gasteiger partial charge is 0.551 e. The number of allylic oxidation sites excluding steroid dienone is 2. The fourth-order valence-electron chi connectivity index (χ4n) is 0.348. The van der Waals surface area contributed by atoms with E-state index in [1.54, 1.807) is 26.4 Å². The fraction of sp³-hybridized carbons (Fsp3) is 0.286. The van der Waals surface area contributed by atoms with Crippen LogP contribution < -0.4 is 16.2 Å². The smallest absolute Gasteiger partial charge is 0.243 e. The van der Waals surface area contributed by atoms with E-state index in [-0.39, 0.29) is 65.4 Å². The first-order valence-electron chi connectivity index (χ1n) is 5.57. The number of carbonyl (C=O) groups is 2. The van der Waals surface area contributed by atoms with Gasteiger partial charge in [0, 0.05) is 77.4 Å². The Hall–Kier alpha value is -0.0722. The van der Waals surface area contributed by atoms with Crippen LogP contribution in [0.5, 0.6) is 0 Å². The first kappa shape index (κ1) is 34.3. The number of hydrogen-bond donors (Lipinski definition) is 2. The van der Waals surface area contributed by atoms with Gasteiger partial charge in [0.25, 0.3) is 0 Å². The number of rotatable bonds is 5. The average Bonchev–Trinajstić information content (AvgIpc) is 2.39. The van der Waals surface area contributed by atoms with E-state index in [2.05, 4.69) is 32.7 Å². The van der Waals surface area contributed by atoms with Crippen molar-refractivity contribution in [3.05, 3.63) is 38.2 Å². The number of aliphatic carboxylic acids is 1. The van der Waals surface area contributed by atoms with Crippen molar-refractivity contribution in [2.45, 2.75) is 25.9 Å². The van der Waals surface area contributed by atoms with Gasteiger partial charge < -0.3 is 37.5 Å². The molecular formula is C14H20N2O5Y2-4. The van der Waals surface area contributed by atoms with Gasteiger partial charge in [-0.15, -0.1) is 0 Å². The van der Waals surface area contributed by atoms with Crippen LogP contribution in [0.15, 0.2) is 24.3 Å². The monoisotopic (exact) mass is 474 g/mol. The number of quaternary nitrogens is 1. The zero-order valence-corrected chi connectivity index (χ0v) is 19.1. The Kier molecular flexibility index (Phi) is 32.7. The van der Waals surface area contributed by atoms with Crippen LogP contribution in [0.25, 0.3) is 0 Å². The third-order valence-corrected chi connectivity index (χ3v) is 1.32. The third-order valence-electron chi connectivity index (χ3n) is 1.32. The van der Waals surface area contributed by atoms with Crippen LogP contribution in [0.4, 0.5) is 0 Å². The number of carboxylic acids is 1. The van der Waals surface area contributed by atoms with E-state index in [1.807, 2.05) is 5.32 Å². The second-order valence-electron chi connectivity index (χ2n) is 3.84. The number of amides is 1. The van der Waals surface area contributed by atoms with E-state index in [4.69, 9.17) is 0 Å². The molecule has 1 amide bonds. The molecule has 0 bridgehead atoms. The molecule has 0 heterocycles. The van der Waals surface area contributed by atoms with Crippen molar-refractivity contribution in [3.8, 4) is 0 Å². The molecule has 0 aromatic heterocycles. The molecule has 4 N–H and O–H groups in total. The molecule has 0 unspecified atom stereocenters. The maximum Gasteiger partial charge on any atom is 0.243 e. The predicted molar refractivity (Wildman–Crippen MR) is 75.3 cm³/mol. The quantitative estimate of drug-likeness (QED) is 0.347. The number of carboxylic acid groups (broad SMARTS) is 1. The van der Waals surface area contributed by atoms with Crippen LogP contribution in [-0.4, -0.2) is 36.5 Å². The van der Waals surface area contributed by atoms with Gasteiger partial charge in [-0.2, -0.15) is 11.1 Å². The minimum atomic E-state index is -1.43. The maximum atomic E-state index is 10.7. The summed E-state index contributed by atoms with van der Waals surface area (Å²) in [5, 5.41) is 12.1. The zero-order chi connectivity index (χ0) is 17.6. The Balaban J connectivity index is -0.0000000767. The SMILES string of the molecule is C=C(C)[C-]=O.C=C(C)[C-]=O.[CH2-][C@H]([NH3+])C(=O)N[C@@H]([CH2-])C(=O)[O-].[Y].[Y]. The summed E-state index contributed by atoms with van der Waals surface area (Å²) in [6.45, 7) is 16.1. The van der Waals surface area contributed by atoms with E-state index in [1.165, 1.54) is 0 Å². The topological polar surface area (TPSA) is 131 Å². The Labute approximate surface area is 187 Å². The van der Waals surface area contributed by atoms with Crippen LogP contribution in [0.2, 0.25) is 0 Å². The number of carbonyl (C=O) groups excluding carboxylic acids is 4. The van der Waals surface area contributed by atoms with Crippen LogP contribution >= 0.6 is 0 Å². The summed E-state index contributed by atoms with van der Waals surface area (Å²) in [4.78, 5) is 39.3. The minimum Gasteiger partial charge on any atom is -0.551 e. The first-order chi connectivity index (χ1) is 9.49. The molecule has 0 fully saturated rings. The minimum absolute atomic E-state index is 0. The van der Waals surface area contributed by atoms with E-state index in [0.717, 1.165) is 0 Å². The summed E-state index contributed by atoms with van der Waals surface area (Å²) in [7, 11) is 0. The molecular weight excluding hydrogens is 454 g/mol. The molecule has 2 radical (unpaired) electrons. The Morgan fingerprint density at radius 1 is 1.09 bits per heavy atom. The molecule has 0 aliphatic rings. The fourth-order valence-corrected chi connectivity index (χ4v) is 0.348. The van der Waals surface area contributed by atoms with Crippen molar-refractivity contribution in [2.75, 3.05) is 0 Å². The van der Waals surface area contributed by atoms with Crippen LogP contribution in [-0.2, 0) is 84.6 Å². The Morgan fingerprint density at radius 3 is 1.48 bits per heavy atom. The molecule has 7 nitrogen and oxygen atoms in total. The summed E-state index contributed by atoms with van der Waals surface area (Å²) < 4.78 is 0. The average molecular weight is 474 g/mol. The van der Waals surface area contributed by atoms with E-state index >= 15 is 0 Å². The van der Waals surface area contributed by atoms with E-state index < -0.39 is 24.0 Å². The van der Waals surface area contributed by atoms with Crippen LogP contribution in [0.3, 0.4) is 0 Å². The molecule has 0 aliphatic heterocycles. The van der Waals surface area contributed by atoms with Gasteiger partial charge in [-0.25, -0.2) is 13.2 Å². The summed E-state index contributed by atoms with van der Waals surface area (Å²) in [6.07, 6.45) is 3.17. The van der Waals surface area contributed by atoms with Gasteiger partial charge in [0.2, 0.25) is 5.91 Å². The second kappa shape index (κ2) is 21.9. The normalized spacial score (nSPS) is 10.1. The van der Waals surface area contributed by atoms with Crippen molar-refractivity contribution < 1.29 is 95.4 Å². The predicted octanol–water partition coefficient (Wildman–Crippen LogP) is -2.16. The molecule has 0 saturated heterocycles. The summed E-state index contributed by atoms with van der Waals surface area (Å²) >= 11 is 0. The molecule has 0 spiro atoms. The number of nitrogens with one attached hydrogen (secondary N) is 1. The van der Waals surface area contributed by atoms with Crippen LogP contribution in [0.1, 0.15) is 13.8 Å². The molecule has 0 aromatic rings. The van der Waals surface area contributed by atoms with Crippen LogP contribution in [0, 0.1) is 13.8 Å². The second-order valence-corrected chi connectivity index (χ2v) is 3.84. The van der Waals surface area contributed by atoms with Gasteiger partial charge in [0.05, 0.1) is 0 Å². The molecule has 2 atom stereocenters. The maximum absolute atomic E-state index is 10.7. The molecule has 0 aromatic carbocycles. The van der Waals surface area contributed by atoms with Crippen molar-refractivity contribution in [2.24, 2.45) is 0 Å². The summed E-state index contributed by atoms with van der Waals surface area (Å²) in [5.74, 6) is -1.99. The van der Waals surface area contributed by atoms with Crippen molar-refractivity contribution >= 4 is 24.4 Å². The van der Waals surface area contributed by atoms with Crippen molar-refractivity contribution in [1.82, 2.24) is 5.32 Å². The van der Waals surface area contributed by atoms with Gasteiger partial charge in [-0.05, 0) is 12.6 Å². The van der Waals surface area contributed by atoms with Gasteiger partial charge >= 0.3 is 0 Å². The summed E-state index contributed by atoms with van der Waals surface area (Å²) in [5.41, 5.74) is 4.18.